The highest BCUT2D eigenvalue weighted by Gasteiger charge is 2.57. The van der Waals surface area contributed by atoms with Gasteiger partial charge in [0.05, 0.1) is 10.8 Å². The molecule has 8 fully saturated rings. The zero-order chi connectivity index (χ0) is 28.8. The lowest BCUT2D eigenvalue weighted by molar-refractivity contribution is -0.188. The third-order valence-corrected chi connectivity index (χ3v) is 11.3. The van der Waals surface area contributed by atoms with Crippen LogP contribution in [0.25, 0.3) is 0 Å². The van der Waals surface area contributed by atoms with Gasteiger partial charge in [0.25, 0.3) is 0 Å². The Morgan fingerprint density at radius 1 is 0.537 bits per heavy atom. The van der Waals surface area contributed by atoms with Gasteiger partial charge >= 0.3 is 23.9 Å². The Labute approximate surface area is 242 Å². The first kappa shape index (κ1) is 28.5. The Bertz CT molecular complexity index is 948. The van der Waals surface area contributed by atoms with E-state index in [0.29, 0.717) is 35.5 Å². The molecule has 0 aliphatic heterocycles. The predicted octanol–water partition coefficient (Wildman–Crippen LogP) is 4.95. The predicted molar refractivity (Wildman–Crippen MR) is 148 cm³/mol. The topological polar surface area (TPSA) is 105 Å². The summed E-state index contributed by atoms with van der Waals surface area (Å²) in [6, 6.07) is 0. The van der Waals surface area contributed by atoms with Gasteiger partial charge in [-0.15, -0.1) is 0 Å². The van der Waals surface area contributed by atoms with Crippen molar-refractivity contribution in [3.8, 4) is 0 Å². The first-order valence-corrected chi connectivity index (χ1v) is 15.6. The maximum absolute atomic E-state index is 13.7. The van der Waals surface area contributed by atoms with Crippen molar-refractivity contribution in [2.24, 2.45) is 51.8 Å². The molecule has 8 aliphatic carbocycles. The van der Waals surface area contributed by atoms with E-state index in [9.17, 15) is 19.2 Å². The van der Waals surface area contributed by atoms with Crippen LogP contribution in [0.5, 0.6) is 0 Å². The zero-order valence-corrected chi connectivity index (χ0v) is 24.1. The first-order valence-electron chi connectivity index (χ1n) is 15.6. The Kier molecular flexibility index (Phi) is 7.56. The molecule has 0 N–H and O–H groups in total. The SMILES string of the molecule is C=CC(=O)OCC(COC(=O)C=C)(COC(=O)C12CC3CC(CC(C3)C1)C2)COC(=O)C12CC3CC(CC(C3)C1)C2. The van der Waals surface area contributed by atoms with E-state index < -0.39 is 28.2 Å². The molecule has 41 heavy (non-hydrogen) atoms. The standard InChI is InChI=1S/C33H44O8/c1-3-27(34)38-17-31(18-39-28(35)4-2,19-40-29(36)32-11-21-5-22(12-32)7-23(6-21)13-32)20-41-30(37)33-14-24-8-25(15-33)10-26(9-24)16-33/h3-4,21-26H,1-2,5-20H2. The summed E-state index contributed by atoms with van der Waals surface area (Å²) >= 11 is 0. The molecule has 8 saturated carbocycles. The summed E-state index contributed by atoms with van der Waals surface area (Å²) in [4.78, 5) is 51.7. The van der Waals surface area contributed by atoms with Crippen LogP contribution < -0.4 is 0 Å². The molecule has 0 heterocycles. The molecule has 0 amide bonds. The van der Waals surface area contributed by atoms with E-state index in [1.807, 2.05) is 0 Å². The van der Waals surface area contributed by atoms with E-state index in [1.165, 1.54) is 38.5 Å². The number of ether oxygens (including phenoxy) is 4. The van der Waals surface area contributed by atoms with Crippen molar-refractivity contribution in [2.45, 2.75) is 77.0 Å². The third-order valence-electron chi connectivity index (χ3n) is 11.3. The van der Waals surface area contributed by atoms with Crippen molar-refractivity contribution in [3.05, 3.63) is 25.3 Å². The van der Waals surface area contributed by atoms with Gasteiger partial charge in [-0.3, -0.25) is 9.59 Å². The molecular weight excluding hydrogens is 524 g/mol. The van der Waals surface area contributed by atoms with Crippen LogP contribution in [-0.4, -0.2) is 50.3 Å². The van der Waals surface area contributed by atoms with E-state index in [4.69, 9.17) is 18.9 Å². The van der Waals surface area contributed by atoms with E-state index in [2.05, 4.69) is 13.2 Å². The van der Waals surface area contributed by atoms with Crippen molar-refractivity contribution in [1.82, 2.24) is 0 Å². The van der Waals surface area contributed by atoms with Crippen LogP contribution in [0.15, 0.2) is 25.3 Å². The summed E-state index contributed by atoms with van der Waals surface area (Å²) < 4.78 is 22.9. The summed E-state index contributed by atoms with van der Waals surface area (Å²) in [5.74, 6) is 1.63. The largest absolute Gasteiger partial charge is 0.464 e. The van der Waals surface area contributed by atoms with Crippen LogP contribution >= 0.6 is 0 Å². The molecule has 8 heteroatoms. The normalized spacial score (nSPS) is 37.8. The Hall–Kier alpha value is -2.64. The molecule has 0 saturated heterocycles. The Balaban J connectivity index is 1.19. The fourth-order valence-electron chi connectivity index (χ4n) is 10.3. The second-order valence-corrected chi connectivity index (χ2v) is 14.7. The number of carbonyl (C=O) groups is 4. The molecule has 224 valence electrons. The van der Waals surface area contributed by atoms with Crippen molar-refractivity contribution in [2.75, 3.05) is 26.4 Å². The molecule has 0 spiro atoms. The van der Waals surface area contributed by atoms with E-state index in [0.717, 1.165) is 50.7 Å². The van der Waals surface area contributed by atoms with Crippen molar-refractivity contribution in [3.63, 3.8) is 0 Å². The van der Waals surface area contributed by atoms with Gasteiger partial charge in [-0.2, -0.15) is 0 Å². The molecule has 0 unspecified atom stereocenters. The minimum absolute atomic E-state index is 0.198. The lowest BCUT2D eigenvalue weighted by Crippen LogP contribution is -2.53. The molecule has 8 bridgehead atoms. The van der Waals surface area contributed by atoms with Gasteiger partial charge < -0.3 is 18.9 Å². The summed E-state index contributed by atoms with van der Waals surface area (Å²) in [5, 5.41) is 0. The lowest BCUT2D eigenvalue weighted by Gasteiger charge is -2.55. The van der Waals surface area contributed by atoms with Gasteiger partial charge in [0.1, 0.15) is 31.8 Å². The van der Waals surface area contributed by atoms with Crippen molar-refractivity contribution < 1.29 is 38.1 Å². The minimum atomic E-state index is -1.26. The molecule has 8 nitrogen and oxygen atoms in total. The highest BCUT2D eigenvalue weighted by Crippen LogP contribution is 2.61. The number of esters is 4. The monoisotopic (exact) mass is 568 g/mol. The zero-order valence-electron chi connectivity index (χ0n) is 24.1. The maximum atomic E-state index is 13.7. The molecule has 0 aromatic carbocycles. The fourth-order valence-corrected chi connectivity index (χ4v) is 10.3. The summed E-state index contributed by atoms with van der Waals surface area (Å²) in [6.45, 7) is 6.02. The molecule has 0 aromatic heterocycles. The van der Waals surface area contributed by atoms with E-state index >= 15 is 0 Å². The first-order chi connectivity index (χ1) is 19.6. The van der Waals surface area contributed by atoms with Crippen molar-refractivity contribution >= 4 is 23.9 Å². The number of rotatable bonds is 12. The van der Waals surface area contributed by atoms with Gasteiger partial charge in [-0.05, 0) is 113 Å². The molecule has 8 rings (SSSR count). The molecular formula is C33H44O8. The van der Waals surface area contributed by atoms with Crippen LogP contribution in [-0.2, 0) is 38.1 Å². The highest BCUT2D eigenvalue weighted by molar-refractivity contribution is 5.82. The van der Waals surface area contributed by atoms with Crippen LogP contribution in [0.4, 0.5) is 0 Å². The average Bonchev–Trinajstić information content (AvgIpc) is 2.94. The third kappa shape index (κ3) is 5.60. The molecule has 8 aliphatic rings. The van der Waals surface area contributed by atoms with E-state index in [1.54, 1.807) is 0 Å². The molecule has 0 aromatic rings. The number of carbonyl (C=O) groups excluding carboxylic acids is 4. The minimum Gasteiger partial charge on any atom is -0.464 e. The Morgan fingerprint density at radius 2 is 0.805 bits per heavy atom. The van der Waals surface area contributed by atoms with Gasteiger partial charge in [0, 0.05) is 12.2 Å². The van der Waals surface area contributed by atoms with Gasteiger partial charge in [-0.1, -0.05) is 13.2 Å². The number of hydrogen-bond acceptors (Lipinski definition) is 8. The average molecular weight is 569 g/mol. The Morgan fingerprint density at radius 3 is 1.07 bits per heavy atom. The quantitative estimate of drug-likeness (QED) is 0.185. The maximum Gasteiger partial charge on any atom is 0.330 e. The molecule has 0 radical (unpaired) electrons. The van der Waals surface area contributed by atoms with Gasteiger partial charge in [0.2, 0.25) is 0 Å². The smallest absolute Gasteiger partial charge is 0.330 e. The van der Waals surface area contributed by atoms with Crippen molar-refractivity contribution in [1.29, 1.82) is 0 Å². The second kappa shape index (κ2) is 10.9. The second-order valence-electron chi connectivity index (χ2n) is 14.7. The summed E-state index contributed by atoms with van der Waals surface area (Å²) in [7, 11) is 0. The molecule has 0 atom stereocenters. The summed E-state index contributed by atoms with van der Waals surface area (Å²) in [6.07, 6.45) is 14.4. The van der Waals surface area contributed by atoms with Crippen LogP contribution in [0.1, 0.15) is 77.0 Å². The van der Waals surface area contributed by atoms with Gasteiger partial charge in [0.15, 0.2) is 0 Å². The highest BCUT2D eigenvalue weighted by atomic mass is 16.6. The summed E-state index contributed by atoms with van der Waals surface area (Å²) in [5.41, 5.74) is -2.22. The van der Waals surface area contributed by atoms with Crippen LogP contribution in [0.2, 0.25) is 0 Å². The lowest BCUT2D eigenvalue weighted by atomic mass is 9.49. The fraction of sp³-hybridized carbons (Fsp3) is 0.758. The van der Waals surface area contributed by atoms with Gasteiger partial charge in [-0.25, -0.2) is 9.59 Å². The van der Waals surface area contributed by atoms with Crippen LogP contribution in [0, 0.1) is 51.8 Å². The van der Waals surface area contributed by atoms with Crippen LogP contribution in [0.3, 0.4) is 0 Å². The van der Waals surface area contributed by atoms with E-state index in [-0.39, 0.29) is 38.4 Å². The number of hydrogen-bond donors (Lipinski definition) is 0.